The molecule has 2 aromatic carbocycles. The van der Waals surface area contributed by atoms with Gasteiger partial charge < -0.3 is 14.6 Å². The Morgan fingerprint density at radius 2 is 2.00 bits per heavy atom. The number of aromatic amines is 1. The molecule has 3 aromatic rings. The predicted octanol–water partition coefficient (Wildman–Crippen LogP) is 5.14. The smallest absolute Gasteiger partial charge is 0.271 e. The fourth-order valence-electron chi connectivity index (χ4n) is 5.00. The topological polar surface area (TPSA) is 45.3 Å². The molecule has 0 fully saturated rings. The van der Waals surface area contributed by atoms with E-state index in [-0.39, 0.29) is 11.4 Å². The maximum atomic E-state index is 13.7. The summed E-state index contributed by atoms with van der Waals surface area (Å²) in [5, 5.41) is 0.942. The normalized spacial score (nSPS) is 19.1. The largest absolute Gasteiger partial charge is 0.496 e. The van der Waals surface area contributed by atoms with Crippen molar-refractivity contribution in [1.82, 2.24) is 9.88 Å². The number of aromatic nitrogens is 1. The first-order valence-electron chi connectivity index (χ1n) is 10.1. The van der Waals surface area contributed by atoms with Crippen LogP contribution in [0.5, 0.6) is 5.75 Å². The summed E-state index contributed by atoms with van der Waals surface area (Å²) in [6.07, 6.45) is 1.77. The summed E-state index contributed by atoms with van der Waals surface area (Å²) >= 11 is 0. The molecule has 0 aliphatic carbocycles. The number of hydrogen-bond acceptors (Lipinski definition) is 2. The highest BCUT2D eigenvalue weighted by atomic mass is 16.5. The molecule has 0 radical (unpaired) electrons. The van der Waals surface area contributed by atoms with Crippen LogP contribution in [0.1, 0.15) is 48.8 Å². The lowest BCUT2D eigenvalue weighted by Crippen LogP contribution is -2.56. The molecular formula is C24H28N2O2. The molecule has 1 aliphatic rings. The molecule has 0 saturated carbocycles. The van der Waals surface area contributed by atoms with Crippen molar-refractivity contribution in [2.45, 2.75) is 39.2 Å². The molecule has 1 amide bonds. The third-order valence-electron chi connectivity index (χ3n) is 6.38. The van der Waals surface area contributed by atoms with Gasteiger partial charge in [0.1, 0.15) is 11.4 Å². The van der Waals surface area contributed by atoms with Crippen molar-refractivity contribution in [3.63, 3.8) is 0 Å². The molecule has 28 heavy (non-hydrogen) atoms. The maximum Gasteiger partial charge on any atom is 0.271 e. The van der Waals surface area contributed by atoms with Gasteiger partial charge >= 0.3 is 0 Å². The lowest BCUT2D eigenvalue weighted by atomic mass is 9.71. The van der Waals surface area contributed by atoms with E-state index in [9.17, 15) is 4.79 Å². The summed E-state index contributed by atoms with van der Waals surface area (Å²) in [4.78, 5) is 19.1. The average Bonchev–Trinajstić information content (AvgIpc) is 3.16. The highest BCUT2D eigenvalue weighted by Crippen LogP contribution is 2.44. The third-order valence-corrected chi connectivity index (χ3v) is 6.38. The summed E-state index contributed by atoms with van der Waals surface area (Å²) in [6, 6.07) is 16.4. The molecule has 1 aromatic heterocycles. The predicted molar refractivity (Wildman–Crippen MR) is 113 cm³/mol. The van der Waals surface area contributed by atoms with E-state index < -0.39 is 0 Å². The summed E-state index contributed by atoms with van der Waals surface area (Å²) in [7, 11) is 1.66. The summed E-state index contributed by atoms with van der Waals surface area (Å²) in [5.74, 6) is 1.15. The number of H-pyrrole nitrogens is 1. The van der Waals surface area contributed by atoms with Crippen LogP contribution in [-0.4, -0.2) is 29.4 Å². The Labute approximate surface area is 166 Å². The molecule has 0 bridgehead atoms. The van der Waals surface area contributed by atoms with Gasteiger partial charge in [0, 0.05) is 17.4 Å². The van der Waals surface area contributed by atoms with Crippen molar-refractivity contribution in [3.8, 4) is 5.75 Å². The molecule has 4 rings (SSSR count). The summed E-state index contributed by atoms with van der Waals surface area (Å²) < 4.78 is 5.47. The highest BCUT2D eigenvalue weighted by molar-refractivity contribution is 6.00. The van der Waals surface area contributed by atoms with Crippen LogP contribution >= 0.6 is 0 Å². The number of amides is 1. The van der Waals surface area contributed by atoms with Gasteiger partial charge in [0.05, 0.1) is 12.6 Å². The number of carbonyl (C=O) groups excluding carboxylic acids is 1. The van der Waals surface area contributed by atoms with Crippen molar-refractivity contribution in [2.75, 3.05) is 13.7 Å². The number of ether oxygens (including phenoxy) is 1. The first kappa shape index (κ1) is 18.6. The Hall–Kier alpha value is -2.75. The molecule has 1 unspecified atom stereocenters. The van der Waals surface area contributed by atoms with Gasteiger partial charge in [0.2, 0.25) is 0 Å². The second-order valence-corrected chi connectivity index (χ2v) is 7.90. The molecule has 146 valence electrons. The number of nitrogens with one attached hydrogen (secondary N) is 1. The van der Waals surface area contributed by atoms with Crippen molar-refractivity contribution < 1.29 is 9.53 Å². The average molecular weight is 377 g/mol. The van der Waals surface area contributed by atoms with E-state index in [4.69, 9.17) is 4.74 Å². The maximum absolute atomic E-state index is 13.7. The highest BCUT2D eigenvalue weighted by Gasteiger charge is 2.46. The SMILES string of the molecule is CCC1(C(C)C)c2ccccc2CCN1C(=O)c1cc2c(OC)cccc2[nH]1. The number of carbonyl (C=O) groups is 1. The standard InChI is InChI=1S/C24H28N2O2/c1-5-24(16(2)3)19-10-7-6-9-17(19)13-14-26(24)23(27)21-15-18-20(25-21)11-8-12-22(18)28-4/h6-12,15-16,25H,5,13-14H2,1-4H3. The molecule has 1 N–H and O–H groups in total. The zero-order valence-electron chi connectivity index (χ0n) is 17.1. The summed E-state index contributed by atoms with van der Waals surface area (Å²) in [6.45, 7) is 7.37. The number of benzene rings is 2. The second kappa shape index (κ2) is 7.01. The molecular weight excluding hydrogens is 348 g/mol. The monoisotopic (exact) mass is 376 g/mol. The van der Waals surface area contributed by atoms with Gasteiger partial charge in [-0.2, -0.15) is 0 Å². The molecule has 4 heteroatoms. The quantitative estimate of drug-likeness (QED) is 0.685. The first-order chi connectivity index (χ1) is 13.5. The van der Waals surface area contributed by atoms with Crippen LogP contribution in [0, 0.1) is 5.92 Å². The van der Waals surface area contributed by atoms with Gasteiger partial charge in [0.25, 0.3) is 5.91 Å². The lowest BCUT2D eigenvalue weighted by molar-refractivity contribution is 0.0203. The fourth-order valence-corrected chi connectivity index (χ4v) is 5.00. The summed E-state index contributed by atoms with van der Waals surface area (Å²) in [5.41, 5.74) is 3.90. The van der Waals surface area contributed by atoms with Crippen molar-refractivity contribution in [1.29, 1.82) is 0 Å². The third kappa shape index (κ3) is 2.62. The van der Waals surface area contributed by atoms with Crippen LogP contribution in [0.15, 0.2) is 48.5 Å². The van der Waals surface area contributed by atoms with E-state index in [1.54, 1.807) is 7.11 Å². The molecule has 4 nitrogen and oxygen atoms in total. The van der Waals surface area contributed by atoms with Crippen LogP contribution in [0.25, 0.3) is 10.9 Å². The van der Waals surface area contributed by atoms with E-state index in [1.165, 1.54) is 11.1 Å². The van der Waals surface area contributed by atoms with Gasteiger partial charge in [-0.05, 0) is 48.1 Å². The molecule has 0 saturated heterocycles. The van der Waals surface area contributed by atoms with Gasteiger partial charge in [-0.15, -0.1) is 0 Å². The van der Waals surface area contributed by atoms with E-state index in [1.807, 2.05) is 24.3 Å². The number of methoxy groups -OCH3 is 1. The van der Waals surface area contributed by atoms with Crippen LogP contribution in [0.3, 0.4) is 0 Å². The Bertz CT molecular complexity index is 1020. The molecule has 1 atom stereocenters. The minimum Gasteiger partial charge on any atom is -0.496 e. The second-order valence-electron chi connectivity index (χ2n) is 7.90. The Morgan fingerprint density at radius 3 is 2.71 bits per heavy atom. The van der Waals surface area contributed by atoms with Crippen LogP contribution in [-0.2, 0) is 12.0 Å². The van der Waals surface area contributed by atoms with Crippen LogP contribution in [0.2, 0.25) is 0 Å². The van der Waals surface area contributed by atoms with E-state index in [0.29, 0.717) is 11.6 Å². The fraction of sp³-hybridized carbons (Fsp3) is 0.375. The molecule has 1 aliphatic heterocycles. The Balaban J connectivity index is 1.82. The van der Waals surface area contributed by atoms with Crippen molar-refractivity contribution in [3.05, 3.63) is 65.4 Å². The molecule has 0 spiro atoms. The van der Waals surface area contributed by atoms with Gasteiger partial charge in [-0.25, -0.2) is 0 Å². The minimum atomic E-state index is -0.298. The first-order valence-corrected chi connectivity index (χ1v) is 10.1. The Morgan fingerprint density at radius 1 is 1.21 bits per heavy atom. The van der Waals surface area contributed by atoms with Crippen LogP contribution < -0.4 is 4.74 Å². The van der Waals surface area contributed by atoms with E-state index in [2.05, 4.69) is 54.9 Å². The van der Waals surface area contributed by atoms with E-state index in [0.717, 1.165) is 36.0 Å². The van der Waals surface area contributed by atoms with Gasteiger partial charge in [-0.1, -0.05) is 51.1 Å². The van der Waals surface area contributed by atoms with Gasteiger partial charge in [-0.3, -0.25) is 4.79 Å². The molecule has 2 heterocycles. The lowest BCUT2D eigenvalue weighted by Gasteiger charge is -2.50. The van der Waals surface area contributed by atoms with Crippen molar-refractivity contribution >= 4 is 16.8 Å². The zero-order chi connectivity index (χ0) is 19.9. The van der Waals surface area contributed by atoms with Crippen molar-refractivity contribution in [2.24, 2.45) is 5.92 Å². The number of fused-ring (bicyclic) bond motifs is 2. The Kier molecular flexibility index (Phi) is 4.66. The minimum absolute atomic E-state index is 0.0586. The number of rotatable bonds is 4. The van der Waals surface area contributed by atoms with E-state index >= 15 is 0 Å². The number of nitrogens with zero attached hydrogens (tertiary/aromatic N) is 1. The van der Waals surface area contributed by atoms with Crippen LogP contribution in [0.4, 0.5) is 0 Å². The van der Waals surface area contributed by atoms with Gasteiger partial charge in [0.15, 0.2) is 0 Å². The number of hydrogen-bond donors (Lipinski definition) is 1. The zero-order valence-corrected chi connectivity index (χ0v) is 17.1.